The summed E-state index contributed by atoms with van der Waals surface area (Å²) in [4.78, 5) is -0.0196. The van der Waals surface area contributed by atoms with Crippen LogP contribution in [0.2, 0.25) is 0 Å². The van der Waals surface area contributed by atoms with Crippen LogP contribution in [-0.2, 0) is 9.84 Å². The van der Waals surface area contributed by atoms with E-state index in [-0.39, 0.29) is 4.90 Å². The number of benzene rings is 1. The Morgan fingerprint density at radius 1 is 1.11 bits per heavy atom. The molecule has 0 aliphatic heterocycles. The molecule has 3 nitrogen and oxygen atoms in total. The van der Waals surface area contributed by atoms with Gasteiger partial charge < -0.3 is 4.74 Å². The second-order valence-corrected chi connectivity index (χ2v) is 7.22. The van der Waals surface area contributed by atoms with Gasteiger partial charge in [-0.05, 0) is 44.5 Å². The normalized spacial score (nSPS) is 13.4. The molecule has 0 aliphatic rings. The fourth-order valence-electron chi connectivity index (χ4n) is 1.33. The summed E-state index contributed by atoms with van der Waals surface area (Å²) in [6, 6.07) is 4.22. The molecule has 19 heavy (non-hydrogen) atoms. The summed E-state index contributed by atoms with van der Waals surface area (Å²) in [6.45, 7) is 4.88. The molecule has 0 fully saturated rings. The summed E-state index contributed by atoms with van der Waals surface area (Å²) in [6.07, 6.45) is -4.39. The van der Waals surface area contributed by atoms with E-state index in [9.17, 15) is 21.6 Å². The van der Waals surface area contributed by atoms with Gasteiger partial charge in [0.15, 0.2) is 9.84 Å². The monoisotopic (exact) mass is 296 g/mol. The summed E-state index contributed by atoms with van der Waals surface area (Å²) in [5.74, 6) is -0.444. The maximum absolute atomic E-state index is 12.2. The van der Waals surface area contributed by atoms with Gasteiger partial charge in [-0.1, -0.05) is 6.92 Å². The quantitative estimate of drug-likeness (QED) is 0.853. The number of alkyl halides is 3. The van der Waals surface area contributed by atoms with Crippen molar-refractivity contribution in [1.82, 2.24) is 0 Å². The van der Waals surface area contributed by atoms with Crippen molar-refractivity contribution in [2.75, 3.05) is 0 Å². The Morgan fingerprint density at radius 3 is 1.95 bits per heavy atom. The minimum atomic E-state index is -4.79. The molecule has 7 heteroatoms. The van der Waals surface area contributed by atoms with Crippen molar-refractivity contribution < 1.29 is 26.3 Å². The molecule has 0 amide bonds. The molecule has 0 saturated heterocycles. The van der Waals surface area contributed by atoms with E-state index in [0.29, 0.717) is 6.42 Å². The number of hydrogen-bond acceptors (Lipinski definition) is 3. The van der Waals surface area contributed by atoms with Crippen LogP contribution in [0.3, 0.4) is 0 Å². The van der Waals surface area contributed by atoms with Crippen molar-refractivity contribution in [3.05, 3.63) is 24.3 Å². The van der Waals surface area contributed by atoms with Crippen molar-refractivity contribution in [1.29, 1.82) is 0 Å². The molecule has 0 aromatic heterocycles. The van der Waals surface area contributed by atoms with Gasteiger partial charge in [0.1, 0.15) is 5.75 Å². The molecule has 0 spiro atoms. The van der Waals surface area contributed by atoms with E-state index in [1.807, 2.05) is 0 Å². The van der Waals surface area contributed by atoms with Gasteiger partial charge in [-0.2, -0.15) is 0 Å². The Balaban J connectivity index is 3.07. The van der Waals surface area contributed by atoms with Crippen LogP contribution < -0.4 is 4.74 Å². The Kier molecular flexibility index (Phi) is 4.19. The lowest BCUT2D eigenvalue weighted by Crippen LogP contribution is -2.31. The van der Waals surface area contributed by atoms with Gasteiger partial charge in [0.2, 0.25) is 0 Å². The lowest BCUT2D eigenvalue weighted by atomic mass is 10.1. The van der Waals surface area contributed by atoms with Crippen LogP contribution in [-0.4, -0.2) is 19.5 Å². The van der Waals surface area contributed by atoms with Gasteiger partial charge in [0, 0.05) is 0 Å². The average Bonchev–Trinajstić information content (AvgIpc) is 2.27. The zero-order chi connectivity index (χ0) is 14.9. The van der Waals surface area contributed by atoms with E-state index < -0.39 is 26.7 Å². The van der Waals surface area contributed by atoms with E-state index in [0.717, 1.165) is 24.3 Å². The van der Waals surface area contributed by atoms with Crippen LogP contribution in [0, 0.1) is 0 Å². The van der Waals surface area contributed by atoms with Crippen LogP contribution >= 0.6 is 0 Å². The standard InChI is InChI=1S/C12H15F3O3S/c1-4-11(2,3)19(16,17)10-7-5-9(6-8-10)18-12(13,14)15/h5-8H,4H2,1-3H3. The minimum Gasteiger partial charge on any atom is -0.406 e. The molecule has 0 bridgehead atoms. The van der Waals surface area contributed by atoms with Crippen molar-refractivity contribution >= 4 is 9.84 Å². The van der Waals surface area contributed by atoms with Gasteiger partial charge in [0.25, 0.3) is 0 Å². The number of halogens is 3. The first kappa shape index (κ1) is 15.8. The molecule has 0 radical (unpaired) electrons. The van der Waals surface area contributed by atoms with Gasteiger partial charge in [-0.3, -0.25) is 0 Å². The van der Waals surface area contributed by atoms with Crippen LogP contribution in [0.4, 0.5) is 13.2 Å². The summed E-state index contributed by atoms with van der Waals surface area (Å²) >= 11 is 0. The topological polar surface area (TPSA) is 43.4 Å². The third kappa shape index (κ3) is 3.62. The van der Waals surface area contributed by atoms with Gasteiger partial charge in [-0.15, -0.1) is 13.2 Å². The molecule has 0 unspecified atom stereocenters. The number of sulfone groups is 1. The molecule has 1 aromatic carbocycles. The van der Waals surface area contributed by atoms with Gasteiger partial charge in [0.05, 0.1) is 9.64 Å². The summed E-state index contributed by atoms with van der Waals surface area (Å²) in [5.41, 5.74) is 0. The predicted octanol–water partition coefficient (Wildman–Crippen LogP) is 3.55. The molecule has 1 rings (SSSR count). The Hall–Kier alpha value is -1.24. The minimum absolute atomic E-state index is 0.0196. The highest BCUT2D eigenvalue weighted by Crippen LogP contribution is 2.30. The molecule has 1 aromatic rings. The molecule has 0 saturated carbocycles. The van der Waals surface area contributed by atoms with Crippen LogP contribution in [0.25, 0.3) is 0 Å². The zero-order valence-electron chi connectivity index (χ0n) is 10.8. The summed E-state index contributed by atoms with van der Waals surface area (Å²) < 4.78 is 63.1. The maximum Gasteiger partial charge on any atom is 0.573 e. The number of rotatable bonds is 4. The molecule has 0 N–H and O–H groups in total. The molecule has 0 heterocycles. The Labute approximate surface area is 110 Å². The van der Waals surface area contributed by atoms with Crippen molar-refractivity contribution in [2.45, 2.75) is 43.2 Å². The molecular formula is C12H15F3O3S. The lowest BCUT2D eigenvalue weighted by Gasteiger charge is -2.23. The SMILES string of the molecule is CCC(C)(C)S(=O)(=O)c1ccc(OC(F)(F)F)cc1. The van der Waals surface area contributed by atoms with E-state index in [1.54, 1.807) is 20.8 Å². The highest BCUT2D eigenvalue weighted by Gasteiger charge is 2.34. The largest absolute Gasteiger partial charge is 0.573 e. The van der Waals surface area contributed by atoms with Gasteiger partial charge >= 0.3 is 6.36 Å². The number of hydrogen-bond donors (Lipinski definition) is 0. The van der Waals surface area contributed by atoms with E-state index in [1.165, 1.54) is 0 Å². The summed E-state index contributed by atoms with van der Waals surface area (Å²) in [7, 11) is -3.59. The fourth-order valence-corrected chi connectivity index (χ4v) is 2.84. The van der Waals surface area contributed by atoms with E-state index in [4.69, 9.17) is 0 Å². The smallest absolute Gasteiger partial charge is 0.406 e. The highest BCUT2D eigenvalue weighted by molar-refractivity contribution is 7.92. The van der Waals surface area contributed by atoms with E-state index >= 15 is 0 Å². The molecule has 108 valence electrons. The lowest BCUT2D eigenvalue weighted by molar-refractivity contribution is -0.274. The molecule has 0 atom stereocenters. The Morgan fingerprint density at radius 2 is 1.58 bits per heavy atom. The van der Waals surface area contributed by atoms with Crippen molar-refractivity contribution in [3.8, 4) is 5.75 Å². The maximum atomic E-state index is 12.2. The van der Waals surface area contributed by atoms with Crippen LogP contribution in [0.15, 0.2) is 29.2 Å². The molecule has 0 aliphatic carbocycles. The zero-order valence-corrected chi connectivity index (χ0v) is 11.6. The second kappa shape index (κ2) is 5.03. The third-order valence-electron chi connectivity index (χ3n) is 2.95. The predicted molar refractivity (Wildman–Crippen MR) is 64.7 cm³/mol. The van der Waals surface area contributed by atoms with Crippen LogP contribution in [0.1, 0.15) is 27.2 Å². The second-order valence-electron chi connectivity index (χ2n) is 4.64. The fraction of sp³-hybridized carbons (Fsp3) is 0.500. The van der Waals surface area contributed by atoms with E-state index in [2.05, 4.69) is 4.74 Å². The first-order valence-electron chi connectivity index (χ1n) is 5.60. The van der Waals surface area contributed by atoms with Gasteiger partial charge in [-0.25, -0.2) is 8.42 Å². The average molecular weight is 296 g/mol. The van der Waals surface area contributed by atoms with Crippen molar-refractivity contribution in [2.24, 2.45) is 0 Å². The third-order valence-corrected chi connectivity index (χ3v) is 5.58. The Bertz CT molecular complexity index is 530. The molecular weight excluding hydrogens is 281 g/mol. The van der Waals surface area contributed by atoms with Crippen molar-refractivity contribution in [3.63, 3.8) is 0 Å². The van der Waals surface area contributed by atoms with Crippen LogP contribution in [0.5, 0.6) is 5.75 Å². The highest BCUT2D eigenvalue weighted by atomic mass is 32.2. The summed E-state index contributed by atoms with van der Waals surface area (Å²) in [5, 5.41) is 0. The number of ether oxygens (including phenoxy) is 1. The first-order valence-corrected chi connectivity index (χ1v) is 7.08. The first-order chi connectivity index (χ1) is 8.49.